The van der Waals surface area contributed by atoms with Crippen molar-refractivity contribution >= 4 is 0 Å². The van der Waals surface area contributed by atoms with Crippen molar-refractivity contribution in [3.05, 3.63) is 29.6 Å². The molecule has 0 heterocycles. The molecular weight excluding hydrogens is 265 g/mol. The van der Waals surface area contributed by atoms with Crippen molar-refractivity contribution < 1.29 is 9.13 Å². The molecule has 3 heteroatoms. The summed E-state index contributed by atoms with van der Waals surface area (Å²) >= 11 is 0. The summed E-state index contributed by atoms with van der Waals surface area (Å²) < 4.78 is 19.6. The summed E-state index contributed by atoms with van der Waals surface area (Å²) in [5.74, 6) is 1.71. The molecule has 0 bridgehead atoms. The third-order valence-corrected chi connectivity index (χ3v) is 4.61. The molecule has 0 aromatic heterocycles. The van der Waals surface area contributed by atoms with Crippen molar-refractivity contribution in [3.63, 3.8) is 0 Å². The number of hydrogen-bond donors (Lipinski definition) is 1. The summed E-state index contributed by atoms with van der Waals surface area (Å²) in [4.78, 5) is 0. The third kappa shape index (κ3) is 4.19. The lowest BCUT2D eigenvalue weighted by Crippen LogP contribution is -2.32. The molecule has 1 aromatic rings. The lowest BCUT2D eigenvalue weighted by molar-refractivity contribution is 0.220. The summed E-state index contributed by atoms with van der Waals surface area (Å²) in [5, 5.41) is 3.57. The van der Waals surface area contributed by atoms with E-state index in [1.807, 2.05) is 12.1 Å². The van der Waals surface area contributed by atoms with Gasteiger partial charge in [0.15, 0.2) is 0 Å². The Morgan fingerprint density at radius 3 is 2.81 bits per heavy atom. The second kappa shape index (κ2) is 7.79. The number of halogens is 1. The summed E-state index contributed by atoms with van der Waals surface area (Å²) in [6.45, 7) is 5.40. The van der Waals surface area contributed by atoms with Gasteiger partial charge in [0.05, 0.1) is 7.11 Å². The molecule has 1 aromatic carbocycles. The standard InChI is InChI=1S/C18H28FNO/c1-4-10-20-18(14-7-5-6-13(2)11-14)16-9-8-15(21-3)12-17(16)19/h8-9,12-14,18,20H,4-7,10-11H2,1-3H3. The first-order valence-electron chi connectivity index (χ1n) is 8.22. The lowest BCUT2D eigenvalue weighted by Gasteiger charge is -2.34. The van der Waals surface area contributed by atoms with Gasteiger partial charge in [-0.1, -0.05) is 32.8 Å². The van der Waals surface area contributed by atoms with E-state index in [2.05, 4.69) is 19.2 Å². The maximum atomic E-state index is 14.4. The molecule has 0 amide bonds. The number of hydrogen-bond acceptors (Lipinski definition) is 2. The molecule has 0 radical (unpaired) electrons. The summed E-state index contributed by atoms with van der Waals surface area (Å²) in [6.07, 6.45) is 6.01. The van der Waals surface area contributed by atoms with E-state index in [0.717, 1.165) is 24.4 Å². The van der Waals surface area contributed by atoms with Gasteiger partial charge >= 0.3 is 0 Å². The second-order valence-corrected chi connectivity index (χ2v) is 6.35. The number of methoxy groups -OCH3 is 1. The van der Waals surface area contributed by atoms with Gasteiger partial charge in [-0.2, -0.15) is 0 Å². The van der Waals surface area contributed by atoms with Crippen LogP contribution in [0.2, 0.25) is 0 Å². The van der Waals surface area contributed by atoms with E-state index in [-0.39, 0.29) is 11.9 Å². The Bertz CT molecular complexity index is 449. The fourth-order valence-corrected chi connectivity index (χ4v) is 3.50. The molecule has 1 aliphatic rings. The van der Waals surface area contributed by atoms with Crippen LogP contribution in [0.4, 0.5) is 4.39 Å². The van der Waals surface area contributed by atoms with Crippen LogP contribution in [0.1, 0.15) is 57.6 Å². The highest BCUT2D eigenvalue weighted by Gasteiger charge is 2.29. The molecule has 21 heavy (non-hydrogen) atoms. The molecule has 2 rings (SSSR count). The Morgan fingerprint density at radius 2 is 2.19 bits per heavy atom. The topological polar surface area (TPSA) is 21.3 Å². The smallest absolute Gasteiger partial charge is 0.131 e. The van der Waals surface area contributed by atoms with Gasteiger partial charge in [0.2, 0.25) is 0 Å². The van der Waals surface area contributed by atoms with E-state index >= 15 is 0 Å². The maximum absolute atomic E-state index is 14.4. The van der Waals surface area contributed by atoms with Gasteiger partial charge in [-0.25, -0.2) is 4.39 Å². The van der Waals surface area contributed by atoms with Gasteiger partial charge in [-0.15, -0.1) is 0 Å². The molecule has 118 valence electrons. The minimum atomic E-state index is -0.152. The van der Waals surface area contributed by atoms with Gasteiger partial charge < -0.3 is 10.1 Å². The highest BCUT2D eigenvalue weighted by Crippen LogP contribution is 2.38. The van der Waals surface area contributed by atoms with Crippen molar-refractivity contribution in [3.8, 4) is 5.75 Å². The van der Waals surface area contributed by atoms with Crippen LogP contribution < -0.4 is 10.1 Å². The summed E-state index contributed by atoms with van der Waals surface area (Å²) in [5.41, 5.74) is 0.795. The Balaban J connectivity index is 2.22. The predicted molar refractivity (Wildman–Crippen MR) is 85.1 cm³/mol. The van der Waals surface area contributed by atoms with E-state index in [9.17, 15) is 4.39 Å². The van der Waals surface area contributed by atoms with Crippen molar-refractivity contribution in [1.29, 1.82) is 0 Å². The van der Waals surface area contributed by atoms with Crippen LogP contribution in [-0.4, -0.2) is 13.7 Å². The molecule has 0 saturated heterocycles. The van der Waals surface area contributed by atoms with Crippen molar-refractivity contribution in [1.82, 2.24) is 5.32 Å². The normalized spacial score (nSPS) is 23.8. The van der Waals surface area contributed by atoms with Crippen LogP contribution in [0.5, 0.6) is 5.75 Å². The first-order chi connectivity index (χ1) is 10.2. The van der Waals surface area contributed by atoms with E-state index < -0.39 is 0 Å². The number of benzene rings is 1. The van der Waals surface area contributed by atoms with Gasteiger partial charge in [0.25, 0.3) is 0 Å². The third-order valence-electron chi connectivity index (χ3n) is 4.61. The fourth-order valence-electron chi connectivity index (χ4n) is 3.50. The van der Waals surface area contributed by atoms with Crippen LogP contribution in [0.15, 0.2) is 18.2 Å². The average molecular weight is 293 g/mol. The van der Waals surface area contributed by atoms with E-state index in [0.29, 0.717) is 11.7 Å². The lowest BCUT2D eigenvalue weighted by atomic mass is 9.76. The van der Waals surface area contributed by atoms with Crippen LogP contribution >= 0.6 is 0 Å². The number of nitrogens with one attached hydrogen (secondary N) is 1. The molecule has 3 atom stereocenters. The molecule has 1 fully saturated rings. The monoisotopic (exact) mass is 293 g/mol. The minimum Gasteiger partial charge on any atom is -0.497 e. The number of ether oxygens (including phenoxy) is 1. The van der Waals surface area contributed by atoms with Gasteiger partial charge in [-0.3, -0.25) is 0 Å². The van der Waals surface area contributed by atoms with Crippen molar-refractivity contribution in [2.24, 2.45) is 11.8 Å². The zero-order chi connectivity index (χ0) is 15.2. The Hall–Kier alpha value is -1.09. The van der Waals surface area contributed by atoms with E-state index in [1.165, 1.54) is 31.7 Å². The van der Waals surface area contributed by atoms with E-state index in [4.69, 9.17) is 4.74 Å². The largest absolute Gasteiger partial charge is 0.497 e. The molecule has 1 N–H and O–H groups in total. The summed E-state index contributed by atoms with van der Waals surface area (Å²) in [6, 6.07) is 5.38. The van der Waals surface area contributed by atoms with Crippen LogP contribution in [0, 0.1) is 17.7 Å². The van der Waals surface area contributed by atoms with Gasteiger partial charge in [0, 0.05) is 17.7 Å². The average Bonchev–Trinajstić information content (AvgIpc) is 2.49. The maximum Gasteiger partial charge on any atom is 0.131 e. The Labute approximate surface area is 128 Å². The zero-order valence-corrected chi connectivity index (χ0v) is 13.5. The van der Waals surface area contributed by atoms with Crippen molar-refractivity contribution in [2.75, 3.05) is 13.7 Å². The molecule has 0 spiro atoms. The second-order valence-electron chi connectivity index (χ2n) is 6.35. The Kier molecular flexibility index (Phi) is 6.04. The minimum absolute atomic E-state index is 0.124. The quantitative estimate of drug-likeness (QED) is 0.820. The molecular formula is C18H28FNO. The molecule has 3 unspecified atom stereocenters. The van der Waals surface area contributed by atoms with Crippen LogP contribution in [0.3, 0.4) is 0 Å². The molecule has 1 saturated carbocycles. The van der Waals surface area contributed by atoms with Gasteiger partial charge in [0.1, 0.15) is 11.6 Å². The zero-order valence-electron chi connectivity index (χ0n) is 13.5. The molecule has 0 aliphatic heterocycles. The van der Waals surface area contributed by atoms with Crippen LogP contribution in [-0.2, 0) is 0 Å². The highest BCUT2D eigenvalue weighted by atomic mass is 19.1. The Morgan fingerprint density at radius 1 is 1.38 bits per heavy atom. The fraction of sp³-hybridized carbons (Fsp3) is 0.667. The molecule has 2 nitrogen and oxygen atoms in total. The highest BCUT2D eigenvalue weighted by molar-refractivity contribution is 5.31. The predicted octanol–water partition coefficient (Wildman–Crippen LogP) is 4.70. The first kappa shape index (κ1) is 16.3. The SMILES string of the molecule is CCCNC(c1ccc(OC)cc1F)C1CCCC(C)C1. The van der Waals surface area contributed by atoms with Crippen LogP contribution in [0.25, 0.3) is 0 Å². The molecule has 1 aliphatic carbocycles. The van der Waals surface area contributed by atoms with Crippen molar-refractivity contribution in [2.45, 2.75) is 52.0 Å². The number of rotatable bonds is 6. The van der Waals surface area contributed by atoms with E-state index in [1.54, 1.807) is 7.11 Å². The van der Waals surface area contributed by atoms with Gasteiger partial charge in [-0.05, 0) is 43.7 Å². The first-order valence-corrected chi connectivity index (χ1v) is 8.22. The summed E-state index contributed by atoms with van der Waals surface area (Å²) in [7, 11) is 1.57.